The zero-order chi connectivity index (χ0) is 13.0. The van der Waals surface area contributed by atoms with Crippen LogP contribution in [0, 0.1) is 11.6 Å². The minimum absolute atomic E-state index is 0.0669. The molecule has 0 bridgehead atoms. The van der Waals surface area contributed by atoms with Crippen molar-refractivity contribution in [1.29, 1.82) is 0 Å². The molecule has 18 heavy (non-hydrogen) atoms. The highest BCUT2D eigenvalue weighted by atomic mass is 19.1. The Labute approximate surface area is 106 Å². The van der Waals surface area contributed by atoms with Crippen molar-refractivity contribution in [3.63, 3.8) is 0 Å². The van der Waals surface area contributed by atoms with Gasteiger partial charge in [-0.1, -0.05) is 6.07 Å². The molecule has 0 aromatic heterocycles. The fourth-order valence-corrected chi connectivity index (χ4v) is 2.32. The molecule has 1 fully saturated rings. The van der Waals surface area contributed by atoms with E-state index in [1.54, 1.807) is 0 Å². The molecule has 1 aliphatic heterocycles. The summed E-state index contributed by atoms with van der Waals surface area (Å²) >= 11 is 0. The molecule has 100 valence electrons. The Kier molecular flexibility index (Phi) is 4.66. The van der Waals surface area contributed by atoms with Crippen LogP contribution in [0.3, 0.4) is 0 Å². The van der Waals surface area contributed by atoms with Crippen LogP contribution in [-0.2, 0) is 11.2 Å². The van der Waals surface area contributed by atoms with E-state index in [4.69, 9.17) is 4.74 Å². The average molecular weight is 256 g/mol. The quantitative estimate of drug-likeness (QED) is 0.897. The van der Waals surface area contributed by atoms with E-state index in [1.807, 2.05) is 0 Å². The van der Waals surface area contributed by atoms with Crippen LogP contribution in [-0.4, -0.2) is 23.9 Å². The SMILES string of the molecule is OC(Cc1ccc(F)cc1F)CC1CCCCO1. The van der Waals surface area contributed by atoms with Crippen molar-refractivity contribution in [2.45, 2.75) is 44.3 Å². The van der Waals surface area contributed by atoms with E-state index in [2.05, 4.69) is 0 Å². The zero-order valence-corrected chi connectivity index (χ0v) is 10.2. The average Bonchev–Trinajstić information content (AvgIpc) is 2.34. The standard InChI is InChI=1S/C14H18F2O2/c15-11-5-4-10(14(16)8-11)7-12(17)9-13-3-1-2-6-18-13/h4-5,8,12-13,17H,1-3,6-7,9H2. The number of hydrogen-bond donors (Lipinski definition) is 1. The van der Waals surface area contributed by atoms with Crippen LogP contribution in [0.25, 0.3) is 0 Å². The molecular weight excluding hydrogens is 238 g/mol. The van der Waals surface area contributed by atoms with Gasteiger partial charge in [0.2, 0.25) is 0 Å². The lowest BCUT2D eigenvalue weighted by Gasteiger charge is -2.24. The van der Waals surface area contributed by atoms with Crippen LogP contribution < -0.4 is 0 Å². The number of aliphatic hydroxyl groups excluding tert-OH is 1. The van der Waals surface area contributed by atoms with Gasteiger partial charge in [-0.3, -0.25) is 0 Å². The molecule has 0 saturated carbocycles. The summed E-state index contributed by atoms with van der Waals surface area (Å²) in [4.78, 5) is 0. The fraction of sp³-hybridized carbons (Fsp3) is 0.571. The lowest BCUT2D eigenvalue weighted by molar-refractivity contribution is -0.0149. The number of aliphatic hydroxyl groups is 1. The topological polar surface area (TPSA) is 29.5 Å². The van der Waals surface area contributed by atoms with Gasteiger partial charge >= 0.3 is 0 Å². The molecule has 0 spiro atoms. The number of rotatable bonds is 4. The number of hydrogen-bond acceptors (Lipinski definition) is 2. The van der Waals surface area contributed by atoms with Crippen molar-refractivity contribution in [3.8, 4) is 0 Å². The third-order valence-electron chi connectivity index (χ3n) is 3.28. The van der Waals surface area contributed by atoms with Gasteiger partial charge in [-0.15, -0.1) is 0 Å². The summed E-state index contributed by atoms with van der Waals surface area (Å²) in [6.45, 7) is 0.738. The minimum Gasteiger partial charge on any atom is -0.393 e. The predicted molar refractivity (Wildman–Crippen MR) is 64.3 cm³/mol. The van der Waals surface area contributed by atoms with Crippen molar-refractivity contribution in [2.24, 2.45) is 0 Å². The molecule has 0 amide bonds. The van der Waals surface area contributed by atoms with Crippen molar-refractivity contribution in [2.75, 3.05) is 6.61 Å². The number of benzene rings is 1. The first-order chi connectivity index (χ1) is 8.65. The molecule has 1 aromatic rings. The molecule has 2 rings (SSSR count). The molecule has 2 unspecified atom stereocenters. The van der Waals surface area contributed by atoms with Gasteiger partial charge < -0.3 is 9.84 Å². The van der Waals surface area contributed by atoms with E-state index in [0.29, 0.717) is 12.0 Å². The van der Waals surface area contributed by atoms with E-state index < -0.39 is 17.7 Å². The number of ether oxygens (including phenoxy) is 1. The summed E-state index contributed by atoms with van der Waals surface area (Å²) in [5.74, 6) is -1.19. The maximum absolute atomic E-state index is 13.4. The zero-order valence-electron chi connectivity index (χ0n) is 10.2. The maximum Gasteiger partial charge on any atom is 0.129 e. The molecular formula is C14H18F2O2. The molecule has 1 aliphatic rings. The minimum atomic E-state index is -0.645. The summed E-state index contributed by atoms with van der Waals surface area (Å²) in [5.41, 5.74) is 0.347. The molecule has 1 saturated heterocycles. The Bertz CT molecular complexity index is 389. The molecule has 2 atom stereocenters. The van der Waals surface area contributed by atoms with Gasteiger partial charge in [0.05, 0.1) is 12.2 Å². The van der Waals surface area contributed by atoms with E-state index in [9.17, 15) is 13.9 Å². The van der Waals surface area contributed by atoms with E-state index >= 15 is 0 Å². The van der Waals surface area contributed by atoms with E-state index in [1.165, 1.54) is 12.1 Å². The lowest BCUT2D eigenvalue weighted by atomic mass is 9.98. The van der Waals surface area contributed by atoms with Gasteiger partial charge in [0.15, 0.2) is 0 Å². The second-order valence-electron chi connectivity index (χ2n) is 4.82. The maximum atomic E-state index is 13.4. The molecule has 2 nitrogen and oxygen atoms in total. The van der Waals surface area contributed by atoms with Gasteiger partial charge in [0, 0.05) is 19.1 Å². The van der Waals surface area contributed by atoms with Crippen molar-refractivity contribution in [3.05, 3.63) is 35.4 Å². The van der Waals surface area contributed by atoms with Gasteiger partial charge in [-0.2, -0.15) is 0 Å². The first kappa shape index (κ1) is 13.4. The van der Waals surface area contributed by atoms with Crippen LogP contribution in [0.5, 0.6) is 0 Å². The van der Waals surface area contributed by atoms with Gasteiger partial charge in [0.1, 0.15) is 11.6 Å². The second kappa shape index (κ2) is 6.25. The number of halogens is 2. The third kappa shape index (κ3) is 3.75. The Morgan fingerprint density at radius 3 is 2.83 bits per heavy atom. The molecule has 1 N–H and O–H groups in total. The third-order valence-corrected chi connectivity index (χ3v) is 3.28. The van der Waals surface area contributed by atoms with Crippen LogP contribution in [0.4, 0.5) is 8.78 Å². The Morgan fingerprint density at radius 1 is 1.33 bits per heavy atom. The summed E-state index contributed by atoms with van der Waals surface area (Å²) in [6.07, 6.45) is 3.26. The molecule has 1 aromatic carbocycles. The molecule has 4 heteroatoms. The van der Waals surface area contributed by atoms with Gasteiger partial charge in [0.25, 0.3) is 0 Å². The van der Waals surface area contributed by atoms with Crippen LogP contribution >= 0.6 is 0 Å². The highest BCUT2D eigenvalue weighted by Crippen LogP contribution is 2.19. The smallest absolute Gasteiger partial charge is 0.129 e. The summed E-state index contributed by atoms with van der Waals surface area (Å²) in [5, 5.41) is 9.91. The monoisotopic (exact) mass is 256 g/mol. The largest absolute Gasteiger partial charge is 0.393 e. The lowest BCUT2D eigenvalue weighted by Crippen LogP contribution is -2.26. The molecule has 0 aliphatic carbocycles. The highest BCUT2D eigenvalue weighted by Gasteiger charge is 2.19. The second-order valence-corrected chi connectivity index (χ2v) is 4.82. The predicted octanol–water partition coefficient (Wildman–Crippen LogP) is 2.83. The summed E-state index contributed by atoms with van der Waals surface area (Å²) in [7, 11) is 0. The van der Waals surface area contributed by atoms with Crippen LogP contribution in [0.2, 0.25) is 0 Å². The van der Waals surface area contributed by atoms with Crippen LogP contribution in [0.1, 0.15) is 31.2 Å². The van der Waals surface area contributed by atoms with E-state index in [0.717, 1.165) is 31.9 Å². The van der Waals surface area contributed by atoms with Crippen LogP contribution in [0.15, 0.2) is 18.2 Å². The van der Waals surface area contributed by atoms with Gasteiger partial charge in [-0.05, 0) is 37.3 Å². The van der Waals surface area contributed by atoms with E-state index in [-0.39, 0.29) is 12.5 Å². The fourth-order valence-electron chi connectivity index (χ4n) is 2.32. The Hall–Kier alpha value is -1.00. The normalized spacial score (nSPS) is 21.8. The first-order valence-electron chi connectivity index (χ1n) is 6.39. The Balaban J connectivity index is 1.87. The Morgan fingerprint density at radius 2 is 2.17 bits per heavy atom. The van der Waals surface area contributed by atoms with Crippen molar-refractivity contribution < 1.29 is 18.6 Å². The summed E-state index contributed by atoms with van der Waals surface area (Å²) < 4.78 is 31.7. The first-order valence-corrected chi connectivity index (χ1v) is 6.39. The molecule has 0 radical (unpaired) electrons. The van der Waals surface area contributed by atoms with Crippen molar-refractivity contribution in [1.82, 2.24) is 0 Å². The summed E-state index contributed by atoms with van der Waals surface area (Å²) in [6, 6.07) is 3.44. The highest BCUT2D eigenvalue weighted by molar-refractivity contribution is 5.19. The van der Waals surface area contributed by atoms with Gasteiger partial charge in [-0.25, -0.2) is 8.78 Å². The van der Waals surface area contributed by atoms with Crippen molar-refractivity contribution >= 4 is 0 Å². The molecule has 1 heterocycles.